The first kappa shape index (κ1) is 21.7. The summed E-state index contributed by atoms with van der Waals surface area (Å²) in [5.74, 6) is 0.189. The fourth-order valence-corrected chi connectivity index (χ4v) is 5.09. The quantitative estimate of drug-likeness (QED) is 0.534. The Morgan fingerprint density at radius 1 is 1.13 bits per heavy atom. The number of rotatable bonds is 8. The van der Waals surface area contributed by atoms with E-state index < -0.39 is 10.0 Å². The zero-order valence-electron chi connectivity index (χ0n) is 16.9. The molecule has 0 spiro atoms. The number of benzene rings is 1. The number of anilines is 1. The monoisotopic (exact) mass is 460 g/mol. The summed E-state index contributed by atoms with van der Waals surface area (Å²) < 4.78 is 32.4. The van der Waals surface area contributed by atoms with E-state index in [1.807, 2.05) is 5.38 Å². The van der Waals surface area contributed by atoms with Crippen LogP contribution >= 0.6 is 11.3 Å². The molecule has 2 aromatic heterocycles. The van der Waals surface area contributed by atoms with Gasteiger partial charge in [0.25, 0.3) is 5.91 Å². The number of amides is 1. The third-order valence-corrected chi connectivity index (χ3v) is 7.27. The highest BCUT2D eigenvalue weighted by Gasteiger charge is 2.17. The van der Waals surface area contributed by atoms with Gasteiger partial charge in [-0.2, -0.15) is 0 Å². The van der Waals surface area contributed by atoms with Crippen LogP contribution < -0.4 is 10.0 Å². The van der Waals surface area contributed by atoms with Crippen LogP contribution in [0.3, 0.4) is 0 Å². The number of furan rings is 1. The number of nitrogens with zero attached hydrogens (tertiary/aromatic N) is 2. The number of likely N-dealkylation sites (tertiary alicyclic amines) is 1. The lowest BCUT2D eigenvalue weighted by molar-refractivity contribution is 0.102. The van der Waals surface area contributed by atoms with E-state index in [-0.39, 0.29) is 17.3 Å². The first-order valence-corrected chi connectivity index (χ1v) is 12.5. The van der Waals surface area contributed by atoms with Crippen LogP contribution in [-0.2, 0) is 23.1 Å². The van der Waals surface area contributed by atoms with Crippen molar-refractivity contribution in [2.75, 3.05) is 18.4 Å². The summed E-state index contributed by atoms with van der Waals surface area (Å²) in [7, 11) is -3.71. The van der Waals surface area contributed by atoms with Gasteiger partial charge in [-0.3, -0.25) is 15.0 Å². The molecule has 0 radical (unpaired) electrons. The predicted molar refractivity (Wildman–Crippen MR) is 118 cm³/mol. The zero-order valence-corrected chi connectivity index (χ0v) is 18.5. The molecule has 0 unspecified atom stereocenters. The van der Waals surface area contributed by atoms with Crippen molar-refractivity contribution in [2.24, 2.45) is 0 Å². The van der Waals surface area contributed by atoms with Crippen molar-refractivity contribution < 1.29 is 17.6 Å². The van der Waals surface area contributed by atoms with Gasteiger partial charge in [0.05, 0.1) is 23.4 Å². The third kappa shape index (κ3) is 5.79. The van der Waals surface area contributed by atoms with Crippen molar-refractivity contribution in [1.82, 2.24) is 14.6 Å². The summed E-state index contributed by atoms with van der Waals surface area (Å²) >= 11 is 1.39. The molecule has 1 aromatic carbocycles. The maximum atomic E-state index is 12.5. The number of carbonyl (C=O) groups excluding carboxylic acids is 1. The van der Waals surface area contributed by atoms with Crippen LogP contribution in [0.5, 0.6) is 0 Å². The summed E-state index contributed by atoms with van der Waals surface area (Å²) in [4.78, 5) is 19.5. The Balaban J connectivity index is 1.34. The van der Waals surface area contributed by atoms with Gasteiger partial charge in [0.1, 0.15) is 5.76 Å². The molecule has 1 fully saturated rings. The molecule has 3 aromatic rings. The number of thiazole rings is 1. The van der Waals surface area contributed by atoms with Crippen molar-refractivity contribution >= 4 is 32.4 Å². The standard InChI is InChI=1S/C21H24N4O4S2/c26-20(24-21-23-17(15-30-21)14-25-10-2-1-3-11-25)16-6-8-19(9-7-16)31(27,28)22-13-18-5-4-12-29-18/h4-9,12,15,22H,1-3,10-11,13-14H2,(H,23,24,26). The number of sulfonamides is 1. The summed E-state index contributed by atoms with van der Waals surface area (Å²) in [5.41, 5.74) is 1.31. The predicted octanol–water partition coefficient (Wildman–Crippen LogP) is 3.45. The highest BCUT2D eigenvalue weighted by Crippen LogP contribution is 2.20. The minimum atomic E-state index is -3.71. The van der Waals surface area contributed by atoms with E-state index in [2.05, 4.69) is 19.9 Å². The van der Waals surface area contributed by atoms with Crippen LogP contribution in [0.2, 0.25) is 0 Å². The molecule has 0 atom stereocenters. The molecular weight excluding hydrogens is 436 g/mol. The molecule has 164 valence electrons. The Morgan fingerprint density at radius 2 is 1.90 bits per heavy atom. The average Bonchev–Trinajstić information content (AvgIpc) is 3.45. The van der Waals surface area contributed by atoms with Crippen molar-refractivity contribution in [3.05, 3.63) is 65.1 Å². The molecule has 0 aliphatic carbocycles. The van der Waals surface area contributed by atoms with E-state index in [4.69, 9.17) is 4.42 Å². The first-order chi connectivity index (χ1) is 15.0. The maximum absolute atomic E-state index is 12.5. The lowest BCUT2D eigenvalue weighted by atomic mass is 10.1. The van der Waals surface area contributed by atoms with Gasteiger partial charge < -0.3 is 4.42 Å². The van der Waals surface area contributed by atoms with Crippen LogP contribution in [0, 0.1) is 0 Å². The van der Waals surface area contributed by atoms with Crippen molar-refractivity contribution in [2.45, 2.75) is 37.2 Å². The van der Waals surface area contributed by atoms with E-state index in [1.54, 1.807) is 12.1 Å². The molecular formula is C21H24N4O4S2. The molecule has 1 aliphatic heterocycles. The number of hydrogen-bond donors (Lipinski definition) is 2. The summed E-state index contributed by atoms with van der Waals surface area (Å²) in [6.07, 6.45) is 5.21. The first-order valence-electron chi connectivity index (χ1n) is 10.1. The molecule has 1 aliphatic rings. The topological polar surface area (TPSA) is 105 Å². The van der Waals surface area contributed by atoms with Crippen molar-refractivity contribution in [1.29, 1.82) is 0 Å². The maximum Gasteiger partial charge on any atom is 0.257 e. The molecule has 4 rings (SSSR count). The Kier molecular flexibility index (Phi) is 6.81. The number of nitrogens with one attached hydrogen (secondary N) is 2. The summed E-state index contributed by atoms with van der Waals surface area (Å²) in [5, 5.41) is 5.29. The molecule has 3 heterocycles. The Hall–Kier alpha value is -2.53. The van der Waals surface area contributed by atoms with E-state index in [1.165, 1.54) is 61.1 Å². The van der Waals surface area contributed by atoms with Gasteiger partial charge in [0.15, 0.2) is 5.13 Å². The van der Waals surface area contributed by atoms with E-state index in [9.17, 15) is 13.2 Å². The van der Waals surface area contributed by atoms with Gasteiger partial charge in [-0.1, -0.05) is 6.42 Å². The number of carbonyl (C=O) groups is 1. The smallest absolute Gasteiger partial charge is 0.257 e. The molecule has 1 saturated heterocycles. The van der Waals surface area contributed by atoms with Crippen molar-refractivity contribution in [3.8, 4) is 0 Å². The van der Waals surface area contributed by atoms with Crippen LogP contribution in [0.25, 0.3) is 0 Å². The SMILES string of the molecule is O=C(Nc1nc(CN2CCCCC2)cs1)c1ccc(S(=O)(=O)NCc2ccco2)cc1. The van der Waals surface area contributed by atoms with E-state index in [0.29, 0.717) is 16.5 Å². The van der Waals surface area contributed by atoms with Gasteiger partial charge in [-0.05, 0) is 62.3 Å². The number of aromatic nitrogens is 1. The molecule has 31 heavy (non-hydrogen) atoms. The summed E-state index contributed by atoms with van der Waals surface area (Å²) in [6.45, 7) is 3.03. The highest BCUT2D eigenvalue weighted by molar-refractivity contribution is 7.89. The molecule has 0 saturated carbocycles. The second-order valence-electron chi connectivity index (χ2n) is 7.36. The number of hydrogen-bond acceptors (Lipinski definition) is 7. The highest BCUT2D eigenvalue weighted by atomic mass is 32.2. The largest absolute Gasteiger partial charge is 0.468 e. The van der Waals surface area contributed by atoms with Gasteiger partial charge in [-0.15, -0.1) is 11.3 Å². The zero-order chi connectivity index (χ0) is 21.7. The molecule has 2 N–H and O–H groups in total. The lowest BCUT2D eigenvalue weighted by Crippen LogP contribution is -2.29. The second kappa shape index (κ2) is 9.73. The van der Waals surface area contributed by atoms with E-state index in [0.717, 1.165) is 25.3 Å². The third-order valence-electron chi connectivity index (χ3n) is 5.05. The molecule has 8 nitrogen and oxygen atoms in total. The summed E-state index contributed by atoms with van der Waals surface area (Å²) in [6, 6.07) is 9.16. The minimum absolute atomic E-state index is 0.0569. The lowest BCUT2D eigenvalue weighted by Gasteiger charge is -2.25. The van der Waals surface area contributed by atoms with Gasteiger partial charge in [0, 0.05) is 17.5 Å². The fourth-order valence-electron chi connectivity index (χ4n) is 3.40. The second-order valence-corrected chi connectivity index (χ2v) is 9.99. The van der Waals surface area contributed by atoms with Crippen LogP contribution in [0.15, 0.2) is 57.4 Å². The Labute approximate surface area is 185 Å². The molecule has 0 bridgehead atoms. The van der Waals surface area contributed by atoms with Crippen molar-refractivity contribution in [3.63, 3.8) is 0 Å². The van der Waals surface area contributed by atoms with Crippen LogP contribution in [0.4, 0.5) is 5.13 Å². The Bertz CT molecular complexity index is 1100. The average molecular weight is 461 g/mol. The van der Waals surface area contributed by atoms with Gasteiger partial charge in [0.2, 0.25) is 10.0 Å². The molecule has 10 heteroatoms. The van der Waals surface area contributed by atoms with Crippen LogP contribution in [0.1, 0.15) is 41.1 Å². The normalized spacial score (nSPS) is 15.1. The fraction of sp³-hybridized carbons (Fsp3) is 0.333. The van der Waals surface area contributed by atoms with Crippen LogP contribution in [-0.4, -0.2) is 37.3 Å². The van der Waals surface area contributed by atoms with Gasteiger partial charge >= 0.3 is 0 Å². The minimum Gasteiger partial charge on any atom is -0.468 e. The molecule has 1 amide bonds. The van der Waals surface area contributed by atoms with Gasteiger partial charge in [-0.25, -0.2) is 18.1 Å². The number of piperidine rings is 1. The Morgan fingerprint density at radius 3 is 2.61 bits per heavy atom. The van der Waals surface area contributed by atoms with E-state index >= 15 is 0 Å².